The number of carboxylic acid groups (broad SMARTS) is 1. The maximum atomic E-state index is 10.9. The number of piperazine rings is 1. The summed E-state index contributed by atoms with van der Waals surface area (Å²) in [5, 5.41) is 22.0. The Morgan fingerprint density at radius 2 is 1.43 bits per heavy atom. The number of aliphatic carboxylic acids is 1. The van der Waals surface area contributed by atoms with Crippen molar-refractivity contribution in [3.63, 3.8) is 0 Å². The molecule has 30 heavy (non-hydrogen) atoms. The molecule has 1 aliphatic heterocycles. The van der Waals surface area contributed by atoms with Gasteiger partial charge in [0.05, 0.1) is 19.1 Å². The van der Waals surface area contributed by atoms with Crippen LogP contribution in [-0.2, 0) is 11.3 Å². The lowest BCUT2D eigenvalue weighted by atomic mass is 10.2. The fourth-order valence-electron chi connectivity index (χ4n) is 4.26. The van der Waals surface area contributed by atoms with Crippen LogP contribution in [-0.4, -0.2) is 75.9 Å². The maximum absolute atomic E-state index is 10.9. The van der Waals surface area contributed by atoms with Crippen LogP contribution < -0.4 is 0 Å². The van der Waals surface area contributed by atoms with Crippen molar-refractivity contribution in [2.24, 2.45) is 0 Å². The number of benzene rings is 2. The van der Waals surface area contributed by atoms with Crippen molar-refractivity contribution in [3.8, 4) is 0 Å². The van der Waals surface area contributed by atoms with Crippen LogP contribution >= 0.6 is 31.9 Å². The highest BCUT2D eigenvalue weighted by molar-refractivity contribution is 9.10. The molecule has 2 aromatic carbocycles. The second-order valence-corrected chi connectivity index (χ2v) is 9.70. The van der Waals surface area contributed by atoms with Crippen LogP contribution in [0, 0.1) is 0 Å². The van der Waals surface area contributed by atoms with Crippen LogP contribution in [0.4, 0.5) is 0 Å². The lowest BCUT2D eigenvalue weighted by Gasteiger charge is -2.35. The summed E-state index contributed by atoms with van der Waals surface area (Å²) in [6.45, 7) is 5.13. The van der Waals surface area contributed by atoms with Gasteiger partial charge in [-0.05, 0) is 36.4 Å². The zero-order chi connectivity index (χ0) is 21.3. The topological polar surface area (TPSA) is 68.9 Å². The molecule has 2 heterocycles. The van der Waals surface area contributed by atoms with Crippen LogP contribution in [0.5, 0.6) is 0 Å². The molecule has 1 aliphatic rings. The van der Waals surface area contributed by atoms with Gasteiger partial charge in [-0.2, -0.15) is 0 Å². The summed E-state index contributed by atoms with van der Waals surface area (Å²) in [5.74, 6) is -0.752. The maximum Gasteiger partial charge on any atom is 0.304 e. The molecule has 0 bridgehead atoms. The van der Waals surface area contributed by atoms with E-state index in [1.54, 1.807) is 0 Å². The molecule has 3 aromatic rings. The smallest absolute Gasteiger partial charge is 0.304 e. The van der Waals surface area contributed by atoms with Crippen LogP contribution in [0.25, 0.3) is 21.8 Å². The van der Waals surface area contributed by atoms with E-state index in [-0.39, 0.29) is 6.42 Å². The van der Waals surface area contributed by atoms with Crippen molar-refractivity contribution in [1.29, 1.82) is 0 Å². The molecule has 1 aromatic heterocycles. The minimum absolute atomic E-state index is 0.183. The Morgan fingerprint density at radius 1 is 0.900 bits per heavy atom. The van der Waals surface area contributed by atoms with Gasteiger partial charge in [0.25, 0.3) is 0 Å². The molecule has 160 valence electrons. The zero-order valence-electron chi connectivity index (χ0n) is 16.6. The predicted molar refractivity (Wildman–Crippen MR) is 126 cm³/mol. The highest BCUT2D eigenvalue weighted by Gasteiger charge is 2.21. The van der Waals surface area contributed by atoms with Crippen LogP contribution in [0.2, 0.25) is 0 Å². The summed E-state index contributed by atoms with van der Waals surface area (Å²) in [6, 6.07) is 12.5. The monoisotopic (exact) mass is 537 g/mol. The number of fused-ring (bicyclic) bond motifs is 3. The van der Waals surface area contributed by atoms with Gasteiger partial charge in [-0.25, -0.2) is 0 Å². The van der Waals surface area contributed by atoms with Crippen LogP contribution in [0.15, 0.2) is 45.3 Å². The number of β-amino-alcohol motifs (C(OH)–C–C–N with tert-alkyl or cyclic N) is 1. The standard InChI is InChI=1S/C22H25Br2N3O3/c23-15-1-3-20-18(11-15)19-12-16(24)2-4-21(19)27(20)14-17(28)13-26-9-7-25(8-10-26)6-5-22(29)30/h1-4,11-12,17,28H,5-10,13-14H2,(H,29,30)/t17-/m1/s1. The molecule has 0 unspecified atom stereocenters. The van der Waals surface area contributed by atoms with E-state index in [0.29, 0.717) is 19.6 Å². The molecule has 0 spiro atoms. The minimum Gasteiger partial charge on any atom is -0.481 e. The van der Waals surface area contributed by atoms with Crippen molar-refractivity contribution in [2.75, 3.05) is 39.3 Å². The molecule has 0 radical (unpaired) electrons. The lowest BCUT2D eigenvalue weighted by molar-refractivity contribution is -0.137. The number of carboxylic acids is 1. The SMILES string of the molecule is O=C(O)CCN1CCN(C[C@@H](O)Cn2c3ccc(Br)cc3c3cc(Br)ccc32)CC1. The number of hydrogen-bond donors (Lipinski definition) is 2. The number of aromatic nitrogens is 1. The van der Waals surface area contributed by atoms with Crippen molar-refractivity contribution < 1.29 is 15.0 Å². The quantitative estimate of drug-likeness (QED) is 0.479. The van der Waals surface area contributed by atoms with Crippen LogP contribution in [0.1, 0.15) is 6.42 Å². The largest absolute Gasteiger partial charge is 0.481 e. The first-order chi connectivity index (χ1) is 14.4. The second kappa shape index (κ2) is 9.36. The number of aliphatic hydroxyl groups is 1. The third-order valence-electron chi connectivity index (χ3n) is 5.76. The van der Waals surface area contributed by atoms with Crippen molar-refractivity contribution in [2.45, 2.75) is 19.1 Å². The summed E-state index contributed by atoms with van der Waals surface area (Å²) in [6.07, 6.45) is -0.301. The highest BCUT2D eigenvalue weighted by Crippen LogP contribution is 2.33. The van der Waals surface area contributed by atoms with E-state index in [1.807, 2.05) is 12.1 Å². The molecule has 4 rings (SSSR count). The molecule has 1 fully saturated rings. The summed E-state index contributed by atoms with van der Waals surface area (Å²) >= 11 is 7.15. The lowest BCUT2D eigenvalue weighted by Crippen LogP contribution is -2.49. The third-order valence-corrected chi connectivity index (χ3v) is 6.74. The van der Waals surface area contributed by atoms with Gasteiger partial charge < -0.3 is 19.7 Å². The van der Waals surface area contributed by atoms with E-state index in [2.05, 4.69) is 70.5 Å². The van der Waals surface area contributed by atoms with Crippen molar-refractivity contribution in [3.05, 3.63) is 45.3 Å². The van der Waals surface area contributed by atoms with E-state index < -0.39 is 12.1 Å². The fourth-order valence-corrected chi connectivity index (χ4v) is 4.98. The molecule has 6 nitrogen and oxygen atoms in total. The van der Waals surface area contributed by atoms with E-state index in [1.165, 1.54) is 10.8 Å². The van der Waals surface area contributed by atoms with Gasteiger partial charge in [-0.3, -0.25) is 9.69 Å². The normalized spacial score (nSPS) is 17.0. The number of carbonyl (C=O) groups is 1. The van der Waals surface area contributed by atoms with Gasteiger partial charge in [0.1, 0.15) is 0 Å². The molecular formula is C22H25Br2N3O3. The Labute approximate surface area is 192 Å². The fraction of sp³-hybridized carbons (Fsp3) is 0.409. The Morgan fingerprint density at radius 3 is 1.97 bits per heavy atom. The summed E-state index contributed by atoms with van der Waals surface area (Å²) < 4.78 is 4.28. The van der Waals surface area contributed by atoms with Crippen LogP contribution in [0.3, 0.4) is 0 Å². The number of rotatable bonds is 7. The molecule has 0 amide bonds. The average molecular weight is 539 g/mol. The summed E-state index contributed by atoms with van der Waals surface area (Å²) in [5.41, 5.74) is 2.23. The molecule has 0 aliphatic carbocycles. The van der Waals surface area contributed by atoms with E-state index in [4.69, 9.17) is 5.11 Å². The van der Waals surface area contributed by atoms with E-state index in [9.17, 15) is 9.90 Å². The van der Waals surface area contributed by atoms with Crippen molar-refractivity contribution in [1.82, 2.24) is 14.4 Å². The Balaban J connectivity index is 1.46. The second-order valence-electron chi connectivity index (χ2n) is 7.87. The summed E-state index contributed by atoms with van der Waals surface area (Å²) in [4.78, 5) is 15.2. The first kappa shape index (κ1) is 21.8. The number of nitrogens with zero attached hydrogens (tertiary/aromatic N) is 3. The molecule has 0 saturated carbocycles. The third kappa shape index (κ3) is 4.89. The van der Waals surface area contributed by atoms with Crippen molar-refractivity contribution >= 4 is 59.6 Å². The van der Waals surface area contributed by atoms with E-state index in [0.717, 1.165) is 46.2 Å². The van der Waals surface area contributed by atoms with Gasteiger partial charge in [-0.15, -0.1) is 0 Å². The first-order valence-electron chi connectivity index (χ1n) is 10.1. The predicted octanol–water partition coefficient (Wildman–Crippen LogP) is 3.77. The Bertz CT molecular complexity index is 1000. The van der Waals surface area contributed by atoms with Gasteiger partial charge in [0.2, 0.25) is 0 Å². The van der Waals surface area contributed by atoms with Gasteiger partial charge >= 0.3 is 5.97 Å². The molecular weight excluding hydrogens is 514 g/mol. The first-order valence-corrected chi connectivity index (χ1v) is 11.7. The number of hydrogen-bond acceptors (Lipinski definition) is 4. The molecule has 2 N–H and O–H groups in total. The van der Waals surface area contributed by atoms with Gasteiger partial charge in [-0.1, -0.05) is 31.9 Å². The Kier molecular flexibility index (Phi) is 6.79. The number of aliphatic hydroxyl groups excluding tert-OH is 1. The molecule has 1 saturated heterocycles. The molecule has 8 heteroatoms. The minimum atomic E-state index is -0.752. The summed E-state index contributed by atoms with van der Waals surface area (Å²) in [7, 11) is 0. The van der Waals surface area contributed by atoms with Gasteiger partial charge in [0, 0.05) is 70.0 Å². The zero-order valence-corrected chi connectivity index (χ0v) is 19.8. The number of halogens is 2. The van der Waals surface area contributed by atoms with Gasteiger partial charge in [0.15, 0.2) is 0 Å². The molecule has 1 atom stereocenters. The Hall–Kier alpha value is -1.45. The highest BCUT2D eigenvalue weighted by atomic mass is 79.9. The van der Waals surface area contributed by atoms with E-state index >= 15 is 0 Å². The average Bonchev–Trinajstić information content (AvgIpc) is 2.99.